The van der Waals surface area contributed by atoms with Gasteiger partial charge in [-0.05, 0) is 37.1 Å². The van der Waals surface area contributed by atoms with E-state index in [1.165, 1.54) is 0 Å². The van der Waals surface area contributed by atoms with Gasteiger partial charge >= 0.3 is 0 Å². The number of halogens is 1. The van der Waals surface area contributed by atoms with E-state index in [4.69, 9.17) is 11.6 Å². The van der Waals surface area contributed by atoms with Crippen LogP contribution in [0.3, 0.4) is 0 Å². The van der Waals surface area contributed by atoms with E-state index in [0.29, 0.717) is 5.02 Å². The average molecular weight is 383 g/mol. The molecule has 27 heavy (non-hydrogen) atoms. The summed E-state index contributed by atoms with van der Waals surface area (Å²) >= 11 is 5.88. The second kappa shape index (κ2) is 7.75. The number of nitrogens with one attached hydrogen (secondary N) is 1. The van der Waals surface area contributed by atoms with Gasteiger partial charge in [-0.3, -0.25) is 9.36 Å². The van der Waals surface area contributed by atoms with Crippen LogP contribution in [-0.4, -0.2) is 38.5 Å². The van der Waals surface area contributed by atoms with E-state index in [1.54, 1.807) is 31.0 Å². The van der Waals surface area contributed by atoms with Gasteiger partial charge in [-0.25, -0.2) is 15.0 Å². The Labute approximate surface area is 162 Å². The van der Waals surface area contributed by atoms with E-state index >= 15 is 0 Å². The summed E-state index contributed by atoms with van der Waals surface area (Å²) < 4.78 is 1.84. The molecular weight excluding hydrogens is 364 g/mol. The Morgan fingerprint density at radius 1 is 1.11 bits per heavy atom. The molecule has 1 aliphatic rings. The number of anilines is 2. The lowest BCUT2D eigenvalue weighted by molar-refractivity contribution is -0.120. The van der Waals surface area contributed by atoms with Gasteiger partial charge in [0, 0.05) is 48.2 Å². The molecule has 2 aromatic heterocycles. The summed E-state index contributed by atoms with van der Waals surface area (Å²) in [6.07, 6.45) is 8.39. The Kier molecular flexibility index (Phi) is 5.02. The first-order valence-corrected chi connectivity index (χ1v) is 9.18. The molecule has 0 unspecified atom stereocenters. The van der Waals surface area contributed by atoms with Crippen molar-refractivity contribution in [2.45, 2.75) is 12.8 Å². The summed E-state index contributed by atoms with van der Waals surface area (Å²) in [6, 6.07) is 9.11. The number of hydrogen-bond donors (Lipinski definition) is 1. The molecule has 1 amide bonds. The molecule has 0 atom stereocenters. The lowest BCUT2D eigenvalue weighted by Gasteiger charge is -2.32. The van der Waals surface area contributed by atoms with Crippen LogP contribution in [0.15, 0.2) is 55.4 Å². The molecule has 0 spiro atoms. The van der Waals surface area contributed by atoms with Gasteiger partial charge in [-0.15, -0.1) is 0 Å². The number of benzene rings is 1. The third-order valence-corrected chi connectivity index (χ3v) is 4.96. The Hall–Kier alpha value is -2.93. The van der Waals surface area contributed by atoms with Crippen LogP contribution < -0.4 is 10.2 Å². The third kappa shape index (κ3) is 4.09. The number of amides is 1. The highest BCUT2D eigenvalue weighted by atomic mass is 35.5. The zero-order chi connectivity index (χ0) is 18.6. The molecule has 138 valence electrons. The molecule has 1 N–H and O–H groups in total. The van der Waals surface area contributed by atoms with Crippen molar-refractivity contribution < 1.29 is 4.79 Å². The van der Waals surface area contributed by atoms with Gasteiger partial charge in [0.05, 0.1) is 0 Å². The molecule has 0 radical (unpaired) electrons. The lowest BCUT2D eigenvalue weighted by atomic mass is 9.96. The molecule has 0 aliphatic carbocycles. The highest BCUT2D eigenvalue weighted by Crippen LogP contribution is 2.24. The summed E-state index contributed by atoms with van der Waals surface area (Å²) in [7, 11) is 0. The zero-order valence-electron chi connectivity index (χ0n) is 14.6. The fraction of sp³-hybridized carbons (Fsp3) is 0.263. The molecule has 4 rings (SSSR count). The summed E-state index contributed by atoms with van der Waals surface area (Å²) in [4.78, 5) is 27.4. The second-order valence-corrected chi connectivity index (χ2v) is 6.90. The molecule has 3 aromatic rings. The van der Waals surface area contributed by atoms with E-state index in [0.717, 1.165) is 43.3 Å². The van der Waals surface area contributed by atoms with Crippen molar-refractivity contribution in [1.82, 2.24) is 19.5 Å². The minimum Gasteiger partial charge on any atom is -0.356 e. The molecule has 0 bridgehead atoms. The number of carbonyl (C=O) groups excluding carboxylic acids is 1. The van der Waals surface area contributed by atoms with Crippen LogP contribution in [-0.2, 0) is 4.79 Å². The minimum absolute atomic E-state index is 0.00751. The van der Waals surface area contributed by atoms with Crippen molar-refractivity contribution in [2.24, 2.45) is 5.92 Å². The molecule has 1 aliphatic heterocycles. The predicted octanol–water partition coefficient (Wildman–Crippen LogP) is 3.17. The SMILES string of the molecule is O=C(Nc1ccc(Cl)cc1)C1CCN(c2cc(-n3ccnc3)ncn2)CC1. The fourth-order valence-corrected chi connectivity index (χ4v) is 3.32. The van der Waals surface area contributed by atoms with Crippen LogP contribution >= 0.6 is 11.6 Å². The fourth-order valence-electron chi connectivity index (χ4n) is 3.19. The first-order chi connectivity index (χ1) is 13.2. The summed E-state index contributed by atoms with van der Waals surface area (Å²) in [5.74, 6) is 1.69. The molecule has 0 saturated carbocycles. The lowest BCUT2D eigenvalue weighted by Crippen LogP contribution is -2.38. The van der Waals surface area contributed by atoms with Crippen LogP contribution in [0.25, 0.3) is 5.82 Å². The molecule has 8 heteroatoms. The normalized spacial score (nSPS) is 14.9. The van der Waals surface area contributed by atoms with Gasteiger partial charge in [-0.1, -0.05) is 11.6 Å². The Morgan fingerprint density at radius 2 is 1.85 bits per heavy atom. The smallest absolute Gasteiger partial charge is 0.227 e. The monoisotopic (exact) mass is 382 g/mol. The average Bonchev–Trinajstić information content (AvgIpc) is 3.25. The van der Waals surface area contributed by atoms with Crippen molar-refractivity contribution >= 4 is 29.0 Å². The maximum atomic E-state index is 12.5. The van der Waals surface area contributed by atoms with Crippen molar-refractivity contribution in [3.8, 4) is 5.82 Å². The first-order valence-electron chi connectivity index (χ1n) is 8.81. The van der Waals surface area contributed by atoms with Gasteiger partial charge in [0.15, 0.2) is 0 Å². The van der Waals surface area contributed by atoms with E-state index in [1.807, 2.05) is 29.0 Å². The van der Waals surface area contributed by atoms with E-state index in [-0.39, 0.29) is 11.8 Å². The van der Waals surface area contributed by atoms with Crippen molar-refractivity contribution in [2.75, 3.05) is 23.3 Å². The molecular formula is C19H19ClN6O. The predicted molar refractivity (Wildman–Crippen MR) is 104 cm³/mol. The minimum atomic E-state index is -0.00751. The number of aromatic nitrogens is 4. The van der Waals surface area contributed by atoms with Crippen LogP contribution in [0, 0.1) is 5.92 Å². The highest BCUT2D eigenvalue weighted by Gasteiger charge is 2.26. The highest BCUT2D eigenvalue weighted by molar-refractivity contribution is 6.30. The van der Waals surface area contributed by atoms with Crippen molar-refractivity contribution in [3.63, 3.8) is 0 Å². The van der Waals surface area contributed by atoms with Gasteiger partial charge < -0.3 is 10.2 Å². The Morgan fingerprint density at radius 3 is 2.56 bits per heavy atom. The second-order valence-electron chi connectivity index (χ2n) is 6.46. The van der Waals surface area contributed by atoms with E-state index in [9.17, 15) is 4.79 Å². The van der Waals surface area contributed by atoms with Crippen LogP contribution in [0.5, 0.6) is 0 Å². The number of rotatable bonds is 4. The number of piperidine rings is 1. The van der Waals surface area contributed by atoms with Gasteiger partial charge in [0.1, 0.15) is 24.3 Å². The molecule has 1 fully saturated rings. The zero-order valence-corrected chi connectivity index (χ0v) is 15.4. The number of nitrogens with zero attached hydrogens (tertiary/aromatic N) is 5. The van der Waals surface area contributed by atoms with E-state index < -0.39 is 0 Å². The maximum absolute atomic E-state index is 12.5. The third-order valence-electron chi connectivity index (χ3n) is 4.71. The van der Waals surface area contributed by atoms with Crippen molar-refractivity contribution in [3.05, 3.63) is 60.4 Å². The van der Waals surface area contributed by atoms with Crippen LogP contribution in [0.1, 0.15) is 12.8 Å². The number of hydrogen-bond acceptors (Lipinski definition) is 5. The Balaban J connectivity index is 1.37. The van der Waals surface area contributed by atoms with Crippen LogP contribution in [0.2, 0.25) is 5.02 Å². The number of carbonyl (C=O) groups is 1. The standard InChI is InChI=1S/C19H19ClN6O/c20-15-1-3-16(4-2-15)24-19(27)14-5-8-25(9-6-14)17-11-18(23-12-22-17)26-10-7-21-13-26/h1-4,7,10-14H,5-6,8-9H2,(H,24,27). The first kappa shape index (κ1) is 17.5. The van der Waals surface area contributed by atoms with Gasteiger partial charge in [0.2, 0.25) is 5.91 Å². The summed E-state index contributed by atoms with van der Waals surface area (Å²) in [6.45, 7) is 1.55. The van der Waals surface area contributed by atoms with Gasteiger partial charge in [-0.2, -0.15) is 0 Å². The Bertz CT molecular complexity index is 904. The summed E-state index contributed by atoms with van der Waals surface area (Å²) in [5, 5.41) is 3.62. The largest absolute Gasteiger partial charge is 0.356 e. The molecule has 1 saturated heterocycles. The molecule has 7 nitrogen and oxygen atoms in total. The number of imidazole rings is 1. The molecule has 3 heterocycles. The summed E-state index contributed by atoms with van der Waals surface area (Å²) in [5.41, 5.74) is 0.771. The van der Waals surface area contributed by atoms with Crippen LogP contribution in [0.4, 0.5) is 11.5 Å². The maximum Gasteiger partial charge on any atom is 0.227 e. The van der Waals surface area contributed by atoms with Gasteiger partial charge in [0.25, 0.3) is 0 Å². The van der Waals surface area contributed by atoms with E-state index in [2.05, 4.69) is 25.2 Å². The topological polar surface area (TPSA) is 75.9 Å². The van der Waals surface area contributed by atoms with Crippen molar-refractivity contribution in [1.29, 1.82) is 0 Å². The molecule has 1 aromatic carbocycles. The quantitative estimate of drug-likeness (QED) is 0.750.